The number of nitrogens with two attached hydrogens (primary N) is 1. The van der Waals surface area contributed by atoms with Crippen molar-refractivity contribution in [3.8, 4) is 23.1 Å². The third kappa shape index (κ3) is 5.72. The molecule has 1 aromatic heterocycles. The van der Waals surface area contributed by atoms with E-state index in [-0.39, 0.29) is 23.4 Å². The van der Waals surface area contributed by atoms with Crippen molar-refractivity contribution >= 4 is 17.6 Å². The smallest absolute Gasteiger partial charge is 0.254 e. The average Bonchev–Trinajstić information content (AvgIpc) is 2.86. The number of hydrogen-bond donors (Lipinski definition) is 2. The van der Waals surface area contributed by atoms with Crippen molar-refractivity contribution in [1.29, 1.82) is 0 Å². The predicted octanol–water partition coefficient (Wildman–Crippen LogP) is 4.04. The van der Waals surface area contributed by atoms with Gasteiger partial charge in [-0.1, -0.05) is 24.8 Å². The standard InChI is InChI=1S/C26H26N4O4/c1-2-24(31)28-18-7-6-16-30(17-18)23-15-14-22(25(27)32)26(29-23)34-21-12-10-20(11-13-21)33-19-8-4-3-5-9-19/h2-5,8-15,18H,1,6-7,16-17H2,(H2,27,32)(H,28,31). The van der Waals surface area contributed by atoms with Crippen molar-refractivity contribution in [1.82, 2.24) is 10.3 Å². The number of pyridine rings is 1. The molecule has 34 heavy (non-hydrogen) atoms. The Morgan fingerprint density at radius 1 is 1.00 bits per heavy atom. The van der Waals surface area contributed by atoms with Crippen molar-refractivity contribution in [3.63, 3.8) is 0 Å². The van der Waals surface area contributed by atoms with Gasteiger partial charge in [0.1, 0.15) is 28.6 Å². The monoisotopic (exact) mass is 458 g/mol. The zero-order valence-corrected chi connectivity index (χ0v) is 18.6. The van der Waals surface area contributed by atoms with Gasteiger partial charge in [-0.3, -0.25) is 9.59 Å². The minimum Gasteiger partial charge on any atom is -0.457 e. The summed E-state index contributed by atoms with van der Waals surface area (Å²) in [5, 5.41) is 2.93. The predicted molar refractivity (Wildman–Crippen MR) is 129 cm³/mol. The van der Waals surface area contributed by atoms with E-state index in [0.717, 1.165) is 25.1 Å². The summed E-state index contributed by atoms with van der Waals surface area (Å²) >= 11 is 0. The van der Waals surface area contributed by atoms with Gasteiger partial charge in [-0.15, -0.1) is 0 Å². The lowest BCUT2D eigenvalue weighted by molar-refractivity contribution is -0.117. The molecule has 1 unspecified atom stereocenters. The SMILES string of the molecule is C=CC(=O)NC1CCCN(c2ccc(C(N)=O)c(Oc3ccc(Oc4ccccc4)cc3)n2)C1. The van der Waals surface area contributed by atoms with Crippen LogP contribution in [-0.4, -0.2) is 35.9 Å². The van der Waals surface area contributed by atoms with E-state index < -0.39 is 5.91 Å². The minimum absolute atomic E-state index is 0.0154. The van der Waals surface area contributed by atoms with Crippen molar-refractivity contribution in [2.75, 3.05) is 18.0 Å². The van der Waals surface area contributed by atoms with Crippen LogP contribution in [0.15, 0.2) is 79.4 Å². The molecular formula is C26H26N4O4. The third-order valence-electron chi connectivity index (χ3n) is 5.41. The molecule has 0 spiro atoms. The maximum absolute atomic E-state index is 12.0. The van der Waals surface area contributed by atoms with Crippen LogP contribution in [0.2, 0.25) is 0 Å². The molecule has 1 aliphatic rings. The van der Waals surface area contributed by atoms with E-state index in [1.165, 1.54) is 6.08 Å². The van der Waals surface area contributed by atoms with Gasteiger partial charge in [0.05, 0.1) is 0 Å². The molecule has 2 amide bonds. The van der Waals surface area contributed by atoms with E-state index in [1.807, 2.05) is 35.2 Å². The van der Waals surface area contributed by atoms with Crippen LogP contribution in [0.3, 0.4) is 0 Å². The van der Waals surface area contributed by atoms with Crippen LogP contribution in [0.5, 0.6) is 23.1 Å². The molecule has 0 saturated carbocycles. The Morgan fingerprint density at radius 2 is 1.68 bits per heavy atom. The zero-order chi connectivity index (χ0) is 23.9. The zero-order valence-electron chi connectivity index (χ0n) is 18.6. The van der Waals surface area contributed by atoms with Crippen LogP contribution >= 0.6 is 0 Å². The summed E-state index contributed by atoms with van der Waals surface area (Å²) in [6.07, 6.45) is 3.03. The molecule has 0 radical (unpaired) electrons. The number of piperidine rings is 1. The number of ether oxygens (including phenoxy) is 2. The molecule has 1 fully saturated rings. The fourth-order valence-corrected chi connectivity index (χ4v) is 3.75. The molecule has 3 aromatic rings. The number of para-hydroxylation sites is 1. The second-order valence-corrected chi connectivity index (χ2v) is 7.87. The molecule has 0 bridgehead atoms. The van der Waals surface area contributed by atoms with Gasteiger partial charge < -0.3 is 25.4 Å². The molecule has 8 nitrogen and oxygen atoms in total. The Balaban J connectivity index is 1.50. The number of carbonyl (C=O) groups is 2. The van der Waals surface area contributed by atoms with Gasteiger partial charge in [0.15, 0.2) is 0 Å². The highest BCUT2D eigenvalue weighted by molar-refractivity contribution is 5.95. The number of anilines is 1. The molecule has 1 saturated heterocycles. The van der Waals surface area contributed by atoms with Crippen molar-refractivity contribution in [2.45, 2.75) is 18.9 Å². The summed E-state index contributed by atoms with van der Waals surface area (Å²) in [6.45, 7) is 4.86. The van der Waals surface area contributed by atoms with Crippen LogP contribution in [0.25, 0.3) is 0 Å². The highest BCUT2D eigenvalue weighted by atomic mass is 16.5. The quantitative estimate of drug-likeness (QED) is 0.494. The van der Waals surface area contributed by atoms with Gasteiger partial charge in [-0.05, 0) is 67.4 Å². The summed E-state index contributed by atoms with van der Waals surface area (Å²) < 4.78 is 11.7. The van der Waals surface area contributed by atoms with Crippen LogP contribution < -0.4 is 25.4 Å². The second-order valence-electron chi connectivity index (χ2n) is 7.87. The topological polar surface area (TPSA) is 107 Å². The number of nitrogens with zero attached hydrogens (tertiary/aromatic N) is 2. The first-order valence-electron chi connectivity index (χ1n) is 11.0. The fourth-order valence-electron chi connectivity index (χ4n) is 3.75. The number of hydrogen-bond acceptors (Lipinski definition) is 6. The van der Waals surface area contributed by atoms with Crippen LogP contribution in [0, 0.1) is 0 Å². The Bertz CT molecular complexity index is 1170. The van der Waals surface area contributed by atoms with Crippen molar-refractivity contribution < 1.29 is 19.1 Å². The van der Waals surface area contributed by atoms with Crippen LogP contribution in [0.1, 0.15) is 23.2 Å². The Morgan fingerprint density at radius 3 is 2.35 bits per heavy atom. The van der Waals surface area contributed by atoms with Gasteiger partial charge >= 0.3 is 0 Å². The van der Waals surface area contributed by atoms with E-state index in [9.17, 15) is 9.59 Å². The van der Waals surface area contributed by atoms with E-state index in [0.29, 0.717) is 23.9 Å². The number of aromatic nitrogens is 1. The lowest BCUT2D eigenvalue weighted by Gasteiger charge is -2.34. The largest absolute Gasteiger partial charge is 0.457 e. The van der Waals surface area contributed by atoms with Crippen LogP contribution in [-0.2, 0) is 4.79 Å². The lowest BCUT2D eigenvalue weighted by Crippen LogP contribution is -2.47. The maximum Gasteiger partial charge on any atom is 0.254 e. The van der Waals surface area contributed by atoms with Gasteiger partial charge in [0.25, 0.3) is 5.91 Å². The first kappa shape index (κ1) is 22.8. The summed E-state index contributed by atoms with van der Waals surface area (Å²) in [5.41, 5.74) is 5.73. The minimum atomic E-state index is -0.632. The molecule has 174 valence electrons. The first-order chi connectivity index (χ1) is 16.5. The lowest BCUT2D eigenvalue weighted by atomic mass is 10.1. The number of rotatable bonds is 8. The number of benzene rings is 2. The van der Waals surface area contributed by atoms with Gasteiger partial charge in [-0.2, -0.15) is 4.98 Å². The maximum atomic E-state index is 12.0. The summed E-state index contributed by atoms with van der Waals surface area (Å²) in [7, 11) is 0. The van der Waals surface area contributed by atoms with Gasteiger partial charge in [0, 0.05) is 19.1 Å². The van der Waals surface area contributed by atoms with Crippen molar-refractivity contribution in [2.24, 2.45) is 5.73 Å². The van der Waals surface area contributed by atoms with E-state index in [1.54, 1.807) is 36.4 Å². The average molecular weight is 459 g/mol. The molecule has 4 rings (SSSR count). The molecule has 0 aliphatic carbocycles. The Kier molecular flexibility index (Phi) is 7.07. The first-order valence-corrected chi connectivity index (χ1v) is 11.0. The number of primary amides is 1. The fraction of sp³-hybridized carbons (Fsp3) is 0.192. The molecular weight excluding hydrogens is 432 g/mol. The van der Waals surface area contributed by atoms with E-state index >= 15 is 0 Å². The summed E-state index contributed by atoms with van der Waals surface area (Å²) in [4.78, 5) is 30.3. The van der Waals surface area contributed by atoms with E-state index in [2.05, 4.69) is 16.9 Å². The van der Waals surface area contributed by atoms with Gasteiger partial charge in [-0.25, -0.2) is 0 Å². The molecule has 2 aromatic carbocycles. The Hall–Kier alpha value is -4.33. The molecule has 1 atom stereocenters. The molecule has 1 aliphatic heterocycles. The molecule has 2 heterocycles. The third-order valence-corrected chi connectivity index (χ3v) is 5.41. The second kappa shape index (κ2) is 10.5. The molecule has 8 heteroatoms. The van der Waals surface area contributed by atoms with Gasteiger partial charge in [0.2, 0.25) is 11.8 Å². The summed E-state index contributed by atoms with van der Waals surface area (Å²) in [6, 6.07) is 19.8. The molecule has 3 N–H and O–H groups in total. The van der Waals surface area contributed by atoms with E-state index in [4.69, 9.17) is 15.2 Å². The van der Waals surface area contributed by atoms with Crippen molar-refractivity contribution in [3.05, 3.63) is 84.9 Å². The number of nitrogens with one attached hydrogen (secondary N) is 1. The highest BCUT2D eigenvalue weighted by Gasteiger charge is 2.23. The Labute approximate surface area is 198 Å². The normalized spacial score (nSPS) is 15.3. The number of carbonyl (C=O) groups excluding carboxylic acids is 2. The highest BCUT2D eigenvalue weighted by Crippen LogP contribution is 2.30. The summed E-state index contributed by atoms with van der Waals surface area (Å²) in [5.74, 6) is 1.80. The van der Waals surface area contributed by atoms with Crippen LogP contribution in [0.4, 0.5) is 5.82 Å². The number of amides is 2.